The molecule has 4 heterocycles. The van der Waals surface area contributed by atoms with Crippen molar-refractivity contribution in [3.8, 4) is 5.82 Å². The molecule has 0 radical (unpaired) electrons. The Labute approximate surface area is 153 Å². The SMILES string of the molecule is CC(F)(F)c1cccc(-n2nc(N3CCOCC3)c3cnc(Cl)cc32)n1. The van der Waals surface area contributed by atoms with Crippen LogP contribution in [0.15, 0.2) is 30.5 Å². The average molecular weight is 380 g/mol. The van der Waals surface area contributed by atoms with Gasteiger partial charge in [0.2, 0.25) is 0 Å². The van der Waals surface area contributed by atoms with E-state index in [1.807, 2.05) is 0 Å². The Morgan fingerprint density at radius 3 is 2.73 bits per heavy atom. The van der Waals surface area contributed by atoms with Crippen LogP contribution >= 0.6 is 11.6 Å². The number of halogens is 3. The lowest BCUT2D eigenvalue weighted by Gasteiger charge is -2.26. The molecule has 0 N–H and O–H groups in total. The van der Waals surface area contributed by atoms with E-state index in [-0.39, 0.29) is 5.69 Å². The molecule has 136 valence electrons. The van der Waals surface area contributed by atoms with Crippen molar-refractivity contribution in [1.29, 1.82) is 0 Å². The molecule has 0 aromatic carbocycles. The Kier molecular flexibility index (Phi) is 4.24. The van der Waals surface area contributed by atoms with Gasteiger partial charge in [-0.3, -0.25) is 0 Å². The molecular weight excluding hydrogens is 364 g/mol. The fraction of sp³-hybridized carbons (Fsp3) is 0.353. The monoisotopic (exact) mass is 379 g/mol. The second-order valence-corrected chi connectivity index (χ2v) is 6.52. The van der Waals surface area contributed by atoms with Crippen LogP contribution in [0.25, 0.3) is 16.7 Å². The van der Waals surface area contributed by atoms with Crippen LogP contribution in [-0.4, -0.2) is 46.1 Å². The lowest BCUT2D eigenvalue weighted by Crippen LogP contribution is -2.36. The molecule has 1 aliphatic rings. The van der Waals surface area contributed by atoms with Gasteiger partial charge in [0.05, 0.1) is 24.1 Å². The molecular formula is C17H16ClF2N5O. The van der Waals surface area contributed by atoms with Gasteiger partial charge >= 0.3 is 0 Å². The van der Waals surface area contributed by atoms with Crippen LogP contribution in [0.4, 0.5) is 14.6 Å². The highest BCUT2D eigenvalue weighted by molar-refractivity contribution is 6.30. The van der Waals surface area contributed by atoms with Gasteiger partial charge < -0.3 is 9.64 Å². The first-order chi connectivity index (χ1) is 12.4. The number of hydrogen-bond donors (Lipinski definition) is 0. The first-order valence-corrected chi connectivity index (χ1v) is 8.54. The molecule has 0 spiro atoms. The van der Waals surface area contributed by atoms with Crippen molar-refractivity contribution in [3.05, 3.63) is 41.3 Å². The second-order valence-electron chi connectivity index (χ2n) is 6.13. The Hall–Kier alpha value is -2.32. The van der Waals surface area contributed by atoms with Crippen LogP contribution in [-0.2, 0) is 10.7 Å². The van der Waals surface area contributed by atoms with Crippen molar-refractivity contribution in [2.24, 2.45) is 0 Å². The summed E-state index contributed by atoms with van der Waals surface area (Å²) in [6.07, 6.45) is 1.64. The van der Waals surface area contributed by atoms with Crippen LogP contribution in [0.3, 0.4) is 0 Å². The fourth-order valence-electron chi connectivity index (χ4n) is 2.94. The van der Waals surface area contributed by atoms with Gasteiger partial charge in [0.1, 0.15) is 10.8 Å². The van der Waals surface area contributed by atoms with E-state index in [0.29, 0.717) is 48.6 Å². The molecule has 4 rings (SSSR count). The number of ether oxygens (including phenoxy) is 1. The van der Waals surface area contributed by atoms with E-state index in [1.54, 1.807) is 24.4 Å². The van der Waals surface area contributed by atoms with Crippen LogP contribution in [0.1, 0.15) is 12.6 Å². The van der Waals surface area contributed by atoms with Crippen molar-refractivity contribution in [3.63, 3.8) is 0 Å². The molecule has 0 saturated carbocycles. The van der Waals surface area contributed by atoms with Crippen molar-refractivity contribution in [2.45, 2.75) is 12.8 Å². The molecule has 9 heteroatoms. The topological polar surface area (TPSA) is 56.1 Å². The molecule has 3 aromatic rings. The number of aromatic nitrogens is 4. The summed E-state index contributed by atoms with van der Waals surface area (Å²) in [5.41, 5.74) is 0.349. The fourth-order valence-corrected chi connectivity index (χ4v) is 3.09. The quantitative estimate of drug-likeness (QED) is 0.653. The molecule has 0 atom stereocenters. The molecule has 0 unspecified atom stereocenters. The molecule has 6 nitrogen and oxygen atoms in total. The Balaban J connectivity index is 1.88. The van der Waals surface area contributed by atoms with Gasteiger partial charge in [-0.05, 0) is 12.1 Å². The van der Waals surface area contributed by atoms with E-state index in [1.165, 1.54) is 10.7 Å². The molecule has 1 fully saturated rings. The predicted octanol–water partition coefficient (Wildman–Crippen LogP) is 3.42. The second kappa shape index (κ2) is 6.44. The maximum Gasteiger partial charge on any atom is 0.287 e. The van der Waals surface area contributed by atoms with Crippen LogP contribution in [0, 0.1) is 0 Å². The zero-order valence-electron chi connectivity index (χ0n) is 14.0. The van der Waals surface area contributed by atoms with Gasteiger partial charge in [0.25, 0.3) is 5.92 Å². The van der Waals surface area contributed by atoms with Gasteiger partial charge in [0, 0.05) is 32.3 Å². The molecule has 0 aliphatic carbocycles. The van der Waals surface area contributed by atoms with E-state index >= 15 is 0 Å². The van der Waals surface area contributed by atoms with Crippen LogP contribution in [0.2, 0.25) is 5.15 Å². The van der Waals surface area contributed by atoms with E-state index in [0.717, 1.165) is 12.3 Å². The van der Waals surface area contributed by atoms with Crippen LogP contribution in [0.5, 0.6) is 0 Å². The third-order valence-electron chi connectivity index (χ3n) is 4.22. The van der Waals surface area contributed by atoms with Crippen molar-refractivity contribution >= 4 is 28.3 Å². The number of hydrogen-bond acceptors (Lipinski definition) is 5. The van der Waals surface area contributed by atoms with E-state index in [4.69, 9.17) is 16.3 Å². The summed E-state index contributed by atoms with van der Waals surface area (Å²) in [5.74, 6) is -2.02. The lowest BCUT2D eigenvalue weighted by molar-refractivity contribution is 0.0127. The summed E-state index contributed by atoms with van der Waals surface area (Å²) in [5, 5.41) is 5.71. The Morgan fingerprint density at radius 2 is 2.00 bits per heavy atom. The van der Waals surface area contributed by atoms with Gasteiger partial charge in [0.15, 0.2) is 11.6 Å². The highest BCUT2D eigenvalue weighted by Crippen LogP contribution is 2.31. The van der Waals surface area contributed by atoms with E-state index < -0.39 is 5.92 Å². The number of rotatable bonds is 3. The minimum atomic E-state index is -3.04. The number of nitrogens with zero attached hydrogens (tertiary/aromatic N) is 5. The molecule has 1 saturated heterocycles. The number of pyridine rings is 2. The zero-order chi connectivity index (χ0) is 18.3. The largest absolute Gasteiger partial charge is 0.378 e. The smallest absolute Gasteiger partial charge is 0.287 e. The number of morpholine rings is 1. The minimum absolute atomic E-state index is 0.296. The molecule has 1 aliphatic heterocycles. The first kappa shape index (κ1) is 17.1. The number of alkyl halides is 2. The molecule has 0 amide bonds. The maximum absolute atomic E-state index is 13.7. The van der Waals surface area contributed by atoms with Gasteiger partial charge in [-0.25, -0.2) is 14.6 Å². The standard InChI is InChI=1S/C17H16ClF2N5O/c1-17(19,20)13-3-2-4-15(22-13)25-12-9-14(18)21-10-11(12)16(23-25)24-5-7-26-8-6-24/h2-4,9-10H,5-8H2,1H3. The average Bonchev–Trinajstić information content (AvgIpc) is 3.00. The highest BCUT2D eigenvalue weighted by Gasteiger charge is 2.27. The summed E-state index contributed by atoms with van der Waals surface area (Å²) >= 11 is 6.05. The lowest BCUT2D eigenvalue weighted by atomic mass is 10.2. The Morgan fingerprint density at radius 1 is 1.23 bits per heavy atom. The highest BCUT2D eigenvalue weighted by atomic mass is 35.5. The summed E-state index contributed by atoms with van der Waals surface area (Å²) in [6, 6.07) is 6.14. The molecule has 3 aromatic heterocycles. The van der Waals surface area contributed by atoms with Crippen molar-refractivity contribution < 1.29 is 13.5 Å². The summed E-state index contributed by atoms with van der Waals surface area (Å²) in [6.45, 7) is 3.40. The Bertz CT molecular complexity index is 950. The summed E-state index contributed by atoms with van der Waals surface area (Å²) < 4.78 is 34.3. The molecule has 0 bridgehead atoms. The number of fused-ring (bicyclic) bond motifs is 1. The first-order valence-electron chi connectivity index (χ1n) is 8.16. The van der Waals surface area contributed by atoms with Crippen molar-refractivity contribution in [1.82, 2.24) is 19.7 Å². The maximum atomic E-state index is 13.7. The third-order valence-corrected chi connectivity index (χ3v) is 4.43. The van der Waals surface area contributed by atoms with Gasteiger partial charge in [-0.2, -0.15) is 8.78 Å². The zero-order valence-corrected chi connectivity index (χ0v) is 14.7. The van der Waals surface area contributed by atoms with E-state index in [2.05, 4.69) is 20.0 Å². The summed E-state index contributed by atoms with van der Waals surface area (Å²) in [7, 11) is 0. The normalized spacial score (nSPS) is 15.6. The van der Waals surface area contributed by atoms with Gasteiger partial charge in [-0.1, -0.05) is 17.7 Å². The minimum Gasteiger partial charge on any atom is -0.378 e. The molecule has 26 heavy (non-hydrogen) atoms. The summed E-state index contributed by atoms with van der Waals surface area (Å²) in [4.78, 5) is 10.3. The van der Waals surface area contributed by atoms with E-state index in [9.17, 15) is 8.78 Å². The predicted molar refractivity (Wildman–Crippen MR) is 94.3 cm³/mol. The number of anilines is 1. The van der Waals surface area contributed by atoms with Crippen molar-refractivity contribution in [2.75, 3.05) is 31.2 Å². The third kappa shape index (κ3) is 3.10. The van der Waals surface area contributed by atoms with Gasteiger partial charge in [-0.15, -0.1) is 5.10 Å². The van der Waals surface area contributed by atoms with Crippen LogP contribution < -0.4 is 4.90 Å².